The summed E-state index contributed by atoms with van der Waals surface area (Å²) in [7, 11) is 0. The third kappa shape index (κ3) is 1.06. The van der Waals surface area contributed by atoms with E-state index in [0.717, 1.165) is 23.5 Å². The SMILES string of the molecule is C/C(=N\O)C1C(C)C(C)[C@@]23CC[C@@H](CC12)C3. The Morgan fingerprint density at radius 2 is 2.12 bits per heavy atom. The van der Waals surface area contributed by atoms with Gasteiger partial charge in [-0.05, 0) is 61.7 Å². The first-order valence-corrected chi connectivity index (χ1v) is 6.78. The minimum absolute atomic E-state index is 0.547. The van der Waals surface area contributed by atoms with Crippen molar-refractivity contribution in [3.8, 4) is 0 Å². The van der Waals surface area contributed by atoms with Gasteiger partial charge in [0.15, 0.2) is 0 Å². The summed E-state index contributed by atoms with van der Waals surface area (Å²) in [6.07, 6.45) is 5.74. The Labute approximate surface area is 98.1 Å². The van der Waals surface area contributed by atoms with E-state index in [1.54, 1.807) is 0 Å². The number of fused-ring (bicyclic) bond motifs is 1. The van der Waals surface area contributed by atoms with Crippen molar-refractivity contribution in [2.24, 2.45) is 40.2 Å². The van der Waals surface area contributed by atoms with Crippen LogP contribution in [0.5, 0.6) is 0 Å². The predicted molar refractivity (Wildman–Crippen MR) is 64.6 cm³/mol. The third-order valence-corrected chi connectivity index (χ3v) is 6.35. The number of rotatable bonds is 1. The summed E-state index contributed by atoms with van der Waals surface area (Å²) in [5.41, 5.74) is 1.59. The van der Waals surface area contributed by atoms with Gasteiger partial charge >= 0.3 is 0 Å². The standard InChI is InChI=1S/C14H23NO/c1-8-9(2)14-5-4-11(7-14)6-12(14)13(8)10(3)15-16/h8-9,11-13,16H,4-7H2,1-3H3/b15-10+/t8?,9?,11-,12?,13?,14-/m0/s1. The Kier molecular flexibility index (Phi) is 2.15. The van der Waals surface area contributed by atoms with Crippen molar-refractivity contribution in [2.45, 2.75) is 46.5 Å². The van der Waals surface area contributed by atoms with Crippen LogP contribution in [-0.4, -0.2) is 10.9 Å². The molecule has 0 radical (unpaired) electrons. The molecule has 2 nitrogen and oxygen atoms in total. The minimum atomic E-state index is 0.547. The third-order valence-electron chi connectivity index (χ3n) is 6.35. The molecule has 2 heteroatoms. The van der Waals surface area contributed by atoms with Crippen LogP contribution in [0.25, 0.3) is 0 Å². The molecule has 6 atom stereocenters. The Bertz CT molecular complexity index is 338. The topological polar surface area (TPSA) is 32.6 Å². The van der Waals surface area contributed by atoms with Gasteiger partial charge in [-0.1, -0.05) is 19.0 Å². The lowest BCUT2D eigenvalue weighted by atomic mass is 9.71. The first-order valence-electron chi connectivity index (χ1n) is 6.78. The van der Waals surface area contributed by atoms with Gasteiger partial charge in [0.2, 0.25) is 0 Å². The highest BCUT2D eigenvalue weighted by Crippen LogP contribution is 2.70. The maximum absolute atomic E-state index is 9.08. The van der Waals surface area contributed by atoms with Crippen LogP contribution in [-0.2, 0) is 0 Å². The van der Waals surface area contributed by atoms with Gasteiger partial charge in [-0.25, -0.2) is 0 Å². The van der Waals surface area contributed by atoms with E-state index in [2.05, 4.69) is 19.0 Å². The van der Waals surface area contributed by atoms with Crippen LogP contribution >= 0.6 is 0 Å². The number of hydrogen-bond donors (Lipinski definition) is 1. The molecule has 3 aliphatic carbocycles. The first-order chi connectivity index (χ1) is 7.60. The van der Waals surface area contributed by atoms with Crippen molar-refractivity contribution in [3.05, 3.63) is 0 Å². The van der Waals surface area contributed by atoms with E-state index in [0.29, 0.717) is 17.3 Å². The fourth-order valence-electron chi connectivity index (χ4n) is 5.54. The second-order valence-corrected chi connectivity index (χ2v) is 6.60. The molecule has 0 aromatic rings. The molecule has 90 valence electrons. The van der Waals surface area contributed by atoms with Crippen LogP contribution in [0.15, 0.2) is 5.16 Å². The molecule has 0 saturated heterocycles. The van der Waals surface area contributed by atoms with Crippen molar-refractivity contribution in [2.75, 3.05) is 0 Å². The van der Waals surface area contributed by atoms with Crippen molar-refractivity contribution in [3.63, 3.8) is 0 Å². The van der Waals surface area contributed by atoms with E-state index in [9.17, 15) is 0 Å². The highest BCUT2D eigenvalue weighted by molar-refractivity contribution is 5.85. The molecule has 0 amide bonds. The smallest absolute Gasteiger partial charge is 0.0576 e. The lowest BCUT2D eigenvalue weighted by Crippen LogP contribution is -2.28. The molecular weight excluding hydrogens is 198 g/mol. The van der Waals surface area contributed by atoms with Crippen molar-refractivity contribution < 1.29 is 5.21 Å². The summed E-state index contributed by atoms with van der Waals surface area (Å²) in [5.74, 6) is 3.85. The quantitative estimate of drug-likeness (QED) is 0.410. The summed E-state index contributed by atoms with van der Waals surface area (Å²) >= 11 is 0. The molecule has 16 heavy (non-hydrogen) atoms. The van der Waals surface area contributed by atoms with Crippen LogP contribution in [0, 0.1) is 35.0 Å². The van der Waals surface area contributed by atoms with E-state index >= 15 is 0 Å². The Morgan fingerprint density at radius 1 is 1.38 bits per heavy atom. The molecule has 3 aliphatic rings. The number of nitrogens with zero attached hydrogens (tertiary/aromatic N) is 1. The molecule has 3 rings (SSSR count). The van der Waals surface area contributed by atoms with Gasteiger partial charge in [-0.3, -0.25) is 0 Å². The number of hydrogen-bond acceptors (Lipinski definition) is 2. The average molecular weight is 221 g/mol. The van der Waals surface area contributed by atoms with Crippen molar-refractivity contribution in [1.29, 1.82) is 0 Å². The van der Waals surface area contributed by atoms with E-state index in [4.69, 9.17) is 5.21 Å². The summed E-state index contributed by atoms with van der Waals surface area (Å²) in [4.78, 5) is 0. The molecule has 2 bridgehead atoms. The van der Waals surface area contributed by atoms with E-state index in [1.807, 2.05) is 6.92 Å². The summed E-state index contributed by atoms with van der Waals surface area (Å²) in [6, 6.07) is 0. The molecule has 1 spiro atoms. The summed E-state index contributed by atoms with van der Waals surface area (Å²) in [6.45, 7) is 6.82. The predicted octanol–water partition coefficient (Wildman–Crippen LogP) is 3.54. The molecule has 4 unspecified atom stereocenters. The maximum atomic E-state index is 9.08. The van der Waals surface area contributed by atoms with Crippen LogP contribution in [0.2, 0.25) is 0 Å². The van der Waals surface area contributed by atoms with Gasteiger partial charge in [-0.15, -0.1) is 0 Å². The van der Waals surface area contributed by atoms with Crippen molar-refractivity contribution in [1.82, 2.24) is 0 Å². The van der Waals surface area contributed by atoms with E-state index in [-0.39, 0.29) is 0 Å². The lowest BCUT2D eigenvalue weighted by molar-refractivity contribution is 0.156. The Hall–Kier alpha value is -0.530. The minimum Gasteiger partial charge on any atom is -0.411 e. The molecule has 0 aliphatic heterocycles. The molecule has 3 saturated carbocycles. The number of oxime groups is 1. The van der Waals surface area contributed by atoms with E-state index in [1.165, 1.54) is 25.7 Å². The monoisotopic (exact) mass is 221 g/mol. The van der Waals surface area contributed by atoms with Gasteiger partial charge < -0.3 is 5.21 Å². The normalized spacial score (nSPS) is 55.7. The zero-order valence-electron chi connectivity index (χ0n) is 10.6. The molecule has 3 fully saturated rings. The molecular formula is C14H23NO. The Balaban J connectivity index is 1.99. The molecule has 0 aromatic heterocycles. The second-order valence-electron chi connectivity index (χ2n) is 6.60. The van der Waals surface area contributed by atoms with Crippen molar-refractivity contribution >= 4 is 5.71 Å². The summed E-state index contributed by atoms with van der Waals surface area (Å²) < 4.78 is 0. The molecule has 0 aromatic carbocycles. The Morgan fingerprint density at radius 3 is 2.75 bits per heavy atom. The molecule has 1 N–H and O–H groups in total. The van der Waals surface area contributed by atoms with Gasteiger partial charge in [0.25, 0.3) is 0 Å². The lowest BCUT2D eigenvalue weighted by Gasteiger charge is -2.34. The molecule has 0 heterocycles. The van der Waals surface area contributed by atoms with Crippen LogP contribution < -0.4 is 0 Å². The van der Waals surface area contributed by atoms with Gasteiger partial charge in [-0.2, -0.15) is 0 Å². The van der Waals surface area contributed by atoms with Gasteiger partial charge in [0.05, 0.1) is 5.71 Å². The van der Waals surface area contributed by atoms with Crippen LogP contribution in [0.3, 0.4) is 0 Å². The largest absolute Gasteiger partial charge is 0.411 e. The fraction of sp³-hybridized carbons (Fsp3) is 0.929. The second kappa shape index (κ2) is 3.24. The van der Waals surface area contributed by atoms with Gasteiger partial charge in [0, 0.05) is 5.92 Å². The van der Waals surface area contributed by atoms with Crippen LogP contribution in [0.4, 0.5) is 0 Å². The highest BCUT2D eigenvalue weighted by atomic mass is 16.4. The highest BCUT2D eigenvalue weighted by Gasteiger charge is 2.63. The average Bonchev–Trinajstić information content (AvgIpc) is 2.91. The maximum Gasteiger partial charge on any atom is 0.0576 e. The summed E-state index contributed by atoms with van der Waals surface area (Å²) in [5, 5.41) is 12.6. The zero-order valence-corrected chi connectivity index (χ0v) is 10.6. The first kappa shape index (κ1) is 10.6. The fourth-order valence-corrected chi connectivity index (χ4v) is 5.54. The van der Waals surface area contributed by atoms with Gasteiger partial charge in [0.1, 0.15) is 0 Å². The van der Waals surface area contributed by atoms with Crippen LogP contribution in [0.1, 0.15) is 46.5 Å². The van der Waals surface area contributed by atoms with E-state index < -0.39 is 0 Å². The zero-order chi connectivity index (χ0) is 11.5.